The molecule has 0 atom stereocenters. The molecule has 0 saturated carbocycles. The summed E-state index contributed by atoms with van der Waals surface area (Å²) in [6, 6.07) is 9.19. The normalized spacial score (nSPS) is 11.1. The average Bonchev–Trinajstić information content (AvgIpc) is 2.90. The number of nitrogens with zero attached hydrogens (tertiary/aromatic N) is 5. The number of halogens is 1. The highest BCUT2D eigenvalue weighted by Crippen LogP contribution is 2.19. The molecule has 0 saturated heterocycles. The van der Waals surface area contributed by atoms with Crippen LogP contribution in [0.4, 0.5) is 11.5 Å². The van der Waals surface area contributed by atoms with Gasteiger partial charge in [-0.25, -0.2) is 14.6 Å². The average molecular weight is 343 g/mol. The number of aromatic nitrogens is 4. The Bertz CT molecular complexity index is 888. The third-order valence-electron chi connectivity index (χ3n) is 3.29. The van der Waals surface area contributed by atoms with E-state index in [0.717, 1.165) is 17.1 Å². The van der Waals surface area contributed by atoms with E-state index in [-0.39, 0.29) is 0 Å². The van der Waals surface area contributed by atoms with Crippen LogP contribution in [0.25, 0.3) is 5.82 Å². The summed E-state index contributed by atoms with van der Waals surface area (Å²) in [5.74, 6) is 1.01. The molecule has 0 unspecified atom stereocenters. The molecule has 0 aliphatic rings. The predicted octanol–water partition coefficient (Wildman–Crippen LogP) is 3.48. The molecule has 0 amide bonds. The lowest BCUT2D eigenvalue weighted by Crippen LogP contribution is -2.10. The smallest absolute Gasteiger partial charge is 0.183 e. The van der Waals surface area contributed by atoms with Crippen molar-refractivity contribution in [1.82, 2.24) is 19.7 Å². The molecule has 0 aliphatic carbocycles. The summed E-state index contributed by atoms with van der Waals surface area (Å²) < 4.78 is 1.66. The molecule has 0 spiro atoms. The highest BCUT2D eigenvalue weighted by Gasteiger charge is 2.12. The largest absolute Gasteiger partial charge is 0.411 e. The van der Waals surface area contributed by atoms with Gasteiger partial charge in [0.2, 0.25) is 0 Å². The molecule has 2 N–H and O–H groups in total. The maximum atomic E-state index is 8.84. The van der Waals surface area contributed by atoms with Gasteiger partial charge in [-0.1, -0.05) is 16.8 Å². The molecule has 0 aliphatic heterocycles. The summed E-state index contributed by atoms with van der Waals surface area (Å²) in [4.78, 5) is 8.83. The standard InChI is InChI=1S/C16H15ClN6O/c1-10-7-11(2)23(22-10)16-14(8-19-24)18-9-15(21-16)20-13-5-3-12(17)4-6-13/h3-9,24H,1-2H3,(H,20,21). The lowest BCUT2D eigenvalue weighted by Gasteiger charge is -2.10. The Balaban J connectivity index is 2.02. The van der Waals surface area contributed by atoms with Crippen molar-refractivity contribution in [3.05, 3.63) is 58.6 Å². The van der Waals surface area contributed by atoms with Gasteiger partial charge in [0, 0.05) is 16.4 Å². The van der Waals surface area contributed by atoms with E-state index in [1.54, 1.807) is 23.0 Å². The van der Waals surface area contributed by atoms with Crippen LogP contribution in [-0.4, -0.2) is 31.2 Å². The number of nitrogens with one attached hydrogen (secondary N) is 1. The van der Waals surface area contributed by atoms with Crippen LogP contribution in [0.3, 0.4) is 0 Å². The molecular weight excluding hydrogens is 328 g/mol. The predicted molar refractivity (Wildman–Crippen MR) is 92.7 cm³/mol. The van der Waals surface area contributed by atoms with E-state index in [1.807, 2.05) is 32.0 Å². The van der Waals surface area contributed by atoms with Crippen molar-refractivity contribution in [2.75, 3.05) is 5.32 Å². The van der Waals surface area contributed by atoms with E-state index in [1.165, 1.54) is 6.21 Å². The second-order valence-corrected chi connectivity index (χ2v) is 5.62. The van der Waals surface area contributed by atoms with Gasteiger partial charge < -0.3 is 10.5 Å². The lowest BCUT2D eigenvalue weighted by atomic mass is 10.3. The highest BCUT2D eigenvalue weighted by atomic mass is 35.5. The van der Waals surface area contributed by atoms with Gasteiger partial charge >= 0.3 is 0 Å². The number of benzene rings is 1. The maximum Gasteiger partial charge on any atom is 0.183 e. The summed E-state index contributed by atoms with van der Waals surface area (Å²) in [7, 11) is 0. The molecule has 7 nitrogen and oxygen atoms in total. The first-order chi connectivity index (χ1) is 11.6. The van der Waals surface area contributed by atoms with E-state index < -0.39 is 0 Å². The molecule has 3 rings (SSSR count). The number of hydrogen-bond acceptors (Lipinski definition) is 6. The van der Waals surface area contributed by atoms with Crippen LogP contribution in [0, 0.1) is 13.8 Å². The molecule has 0 radical (unpaired) electrons. The lowest BCUT2D eigenvalue weighted by molar-refractivity contribution is 0.321. The number of hydrogen-bond donors (Lipinski definition) is 2. The van der Waals surface area contributed by atoms with Crippen LogP contribution < -0.4 is 5.32 Å². The van der Waals surface area contributed by atoms with Crippen LogP contribution in [-0.2, 0) is 0 Å². The molecule has 8 heteroatoms. The molecule has 122 valence electrons. The Morgan fingerprint density at radius 3 is 2.62 bits per heavy atom. The second kappa shape index (κ2) is 6.67. The van der Waals surface area contributed by atoms with E-state index in [2.05, 4.69) is 25.5 Å². The fourth-order valence-electron chi connectivity index (χ4n) is 2.27. The van der Waals surface area contributed by atoms with Crippen molar-refractivity contribution < 1.29 is 5.21 Å². The third kappa shape index (κ3) is 3.36. The van der Waals surface area contributed by atoms with Crippen molar-refractivity contribution in [2.45, 2.75) is 13.8 Å². The maximum absolute atomic E-state index is 8.84. The first-order valence-electron chi connectivity index (χ1n) is 7.17. The van der Waals surface area contributed by atoms with Gasteiger partial charge in [-0.05, 0) is 44.2 Å². The monoisotopic (exact) mass is 342 g/mol. The zero-order chi connectivity index (χ0) is 17.1. The van der Waals surface area contributed by atoms with Gasteiger partial charge in [-0.3, -0.25) is 0 Å². The van der Waals surface area contributed by atoms with Crippen molar-refractivity contribution in [3.63, 3.8) is 0 Å². The van der Waals surface area contributed by atoms with Crippen LogP contribution in [0.5, 0.6) is 0 Å². The van der Waals surface area contributed by atoms with Crippen molar-refractivity contribution >= 4 is 29.3 Å². The fraction of sp³-hybridized carbons (Fsp3) is 0.125. The zero-order valence-corrected chi connectivity index (χ0v) is 13.9. The Kier molecular flexibility index (Phi) is 4.43. The number of anilines is 2. The first-order valence-corrected chi connectivity index (χ1v) is 7.55. The fourth-order valence-corrected chi connectivity index (χ4v) is 2.40. The molecule has 3 aromatic rings. The molecule has 0 bridgehead atoms. The van der Waals surface area contributed by atoms with Crippen LogP contribution in [0.1, 0.15) is 17.1 Å². The Morgan fingerprint density at radius 1 is 1.25 bits per heavy atom. The molecule has 0 fully saturated rings. The molecular formula is C16H15ClN6O. The summed E-state index contributed by atoms with van der Waals surface area (Å²) in [6.45, 7) is 3.81. The minimum Gasteiger partial charge on any atom is -0.411 e. The first kappa shape index (κ1) is 15.9. The summed E-state index contributed by atoms with van der Waals surface area (Å²) >= 11 is 5.89. The summed E-state index contributed by atoms with van der Waals surface area (Å²) in [5, 5.41) is 20.1. The Hall–Kier alpha value is -2.93. The van der Waals surface area contributed by atoms with Crippen molar-refractivity contribution in [3.8, 4) is 5.82 Å². The SMILES string of the molecule is Cc1cc(C)n(-c2nc(Nc3ccc(Cl)cc3)cnc2C=NO)n1. The highest BCUT2D eigenvalue weighted by molar-refractivity contribution is 6.30. The zero-order valence-electron chi connectivity index (χ0n) is 13.1. The number of aryl methyl sites for hydroxylation is 2. The third-order valence-corrected chi connectivity index (χ3v) is 3.54. The Labute approximate surface area is 143 Å². The van der Waals surface area contributed by atoms with Crippen LogP contribution in [0.2, 0.25) is 5.02 Å². The van der Waals surface area contributed by atoms with Gasteiger partial charge in [0.25, 0.3) is 0 Å². The molecule has 2 aromatic heterocycles. The van der Waals surface area contributed by atoms with E-state index in [9.17, 15) is 0 Å². The Morgan fingerprint density at radius 2 is 2.00 bits per heavy atom. The van der Waals surface area contributed by atoms with Crippen molar-refractivity contribution in [2.24, 2.45) is 5.16 Å². The summed E-state index contributed by atoms with van der Waals surface area (Å²) in [6.07, 6.45) is 2.78. The molecule has 1 aromatic carbocycles. The van der Waals surface area contributed by atoms with Gasteiger partial charge in [0.15, 0.2) is 11.6 Å². The topological polar surface area (TPSA) is 88.2 Å². The molecule has 24 heavy (non-hydrogen) atoms. The minimum absolute atomic E-state index is 0.408. The molecule has 2 heterocycles. The van der Waals surface area contributed by atoms with E-state index >= 15 is 0 Å². The van der Waals surface area contributed by atoms with Crippen molar-refractivity contribution in [1.29, 1.82) is 0 Å². The number of rotatable bonds is 4. The van der Waals surface area contributed by atoms with Gasteiger partial charge in [-0.15, -0.1) is 0 Å². The van der Waals surface area contributed by atoms with E-state index in [0.29, 0.717) is 22.4 Å². The van der Waals surface area contributed by atoms with Gasteiger partial charge in [0.1, 0.15) is 5.69 Å². The van der Waals surface area contributed by atoms with Crippen LogP contribution in [0.15, 0.2) is 41.7 Å². The second-order valence-electron chi connectivity index (χ2n) is 5.18. The quantitative estimate of drug-likeness (QED) is 0.430. The number of oxime groups is 1. The van der Waals surface area contributed by atoms with Crippen LogP contribution >= 0.6 is 11.6 Å². The summed E-state index contributed by atoms with van der Waals surface area (Å²) in [5.41, 5.74) is 3.00. The minimum atomic E-state index is 0.408. The van der Waals surface area contributed by atoms with E-state index in [4.69, 9.17) is 16.8 Å². The van der Waals surface area contributed by atoms with Gasteiger partial charge in [0.05, 0.1) is 18.1 Å². The van der Waals surface area contributed by atoms with Gasteiger partial charge in [-0.2, -0.15) is 5.10 Å².